The normalized spacial score (nSPS) is 12.4. The summed E-state index contributed by atoms with van der Waals surface area (Å²) in [6.07, 6.45) is 5.41. The summed E-state index contributed by atoms with van der Waals surface area (Å²) in [5.41, 5.74) is 5.62. The highest BCUT2D eigenvalue weighted by molar-refractivity contribution is 5.77. The van der Waals surface area contributed by atoms with E-state index in [0.29, 0.717) is 19.6 Å². The molecule has 3 aromatic heterocycles. The van der Waals surface area contributed by atoms with Gasteiger partial charge in [-0.05, 0) is 39.0 Å². The van der Waals surface area contributed by atoms with Crippen molar-refractivity contribution in [3.8, 4) is 0 Å². The quantitative estimate of drug-likeness (QED) is 0.384. The third-order valence-corrected chi connectivity index (χ3v) is 4.48. The van der Waals surface area contributed by atoms with Gasteiger partial charge in [0.1, 0.15) is 17.1 Å². The second kappa shape index (κ2) is 11.7. The molecule has 3 N–H and O–H groups in total. The number of rotatable bonds is 12. The molecule has 0 unspecified atom stereocenters. The number of aliphatic imine (C=N–C) groups is 3. The second-order valence-corrected chi connectivity index (χ2v) is 7.37. The van der Waals surface area contributed by atoms with Crippen molar-refractivity contribution in [2.45, 2.75) is 20.8 Å². The molecule has 10 nitrogen and oxygen atoms in total. The molecule has 0 fully saturated rings. The Labute approximate surface area is 182 Å². The number of aromatic nitrogens is 6. The Balaban J connectivity index is 1.47. The van der Waals surface area contributed by atoms with Crippen LogP contribution in [0.5, 0.6) is 0 Å². The predicted molar refractivity (Wildman–Crippen MR) is 124 cm³/mol. The largest absolute Gasteiger partial charge is 0.298 e. The molecule has 3 rings (SSSR count). The summed E-state index contributed by atoms with van der Waals surface area (Å²) in [6, 6.07) is 5.91. The van der Waals surface area contributed by atoms with E-state index in [4.69, 9.17) is 0 Å². The lowest BCUT2D eigenvalue weighted by atomic mass is 10.4. The van der Waals surface area contributed by atoms with Crippen LogP contribution in [0.15, 0.2) is 33.2 Å². The molecule has 3 aromatic rings. The topological polar surface area (TPSA) is 126 Å². The van der Waals surface area contributed by atoms with Crippen molar-refractivity contribution < 1.29 is 0 Å². The summed E-state index contributed by atoms with van der Waals surface area (Å²) < 4.78 is 0. The Kier molecular flexibility index (Phi) is 8.41. The minimum absolute atomic E-state index is 0.691. The average Bonchev–Trinajstić information content (AvgIpc) is 3.47. The van der Waals surface area contributed by atoms with Crippen molar-refractivity contribution in [2.24, 2.45) is 15.0 Å². The molecule has 0 aliphatic rings. The van der Waals surface area contributed by atoms with E-state index in [-0.39, 0.29) is 0 Å². The zero-order chi connectivity index (χ0) is 21.9. The fourth-order valence-electron chi connectivity index (χ4n) is 2.92. The van der Waals surface area contributed by atoms with Crippen molar-refractivity contribution in [3.63, 3.8) is 0 Å². The Morgan fingerprint density at radius 3 is 1.23 bits per heavy atom. The highest BCUT2D eigenvalue weighted by Gasteiger charge is 2.04. The maximum atomic E-state index is 4.50. The molecule has 0 radical (unpaired) electrons. The molecule has 0 bridgehead atoms. The molecule has 0 saturated heterocycles. The van der Waals surface area contributed by atoms with Gasteiger partial charge in [-0.25, -0.2) is 0 Å². The molecule has 3 heterocycles. The van der Waals surface area contributed by atoms with Gasteiger partial charge in [-0.1, -0.05) is 0 Å². The van der Waals surface area contributed by atoms with Crippen LogP contribution in [-0.4, -0.2) is 93.4 Å². The molecule has 10 heteroatoms. The van der Waals surface area contributed by atoms with Crippen molar-refractivity contribution in [1.29, 1.82) is 0 Å². The van der Waals surface area contributed by atoms with E-state index in [1.165, 1.54) is 0 Å². The first-order valence-corrected chi connectivity index (χ1v) is 10.4. The van der Waals surface area contributed by atoms with Gasteiger partial charge in [0.05, 0.1) is 19.6 Å². The average molecular weight is 423 g/mol. The Morgan fingerprint density at radius 2 is 0.968 bits per heavy atom. The molecule has 0 aromatic carbocycles. The maximum absolute atomic E-state index is 4.50. The van der Waals surface area contributed by atoms with E-state index in [0.717, 1.165) is 53.8 Å². The van der Waals surface area contributed by atoms with Gasteiger partial charge in [0.2, 0.25) is 0 Å². The van der Waals surface area contributed by atoms with Crippen LogP contribution in [0.3, 0.4) is 0 Å². The zero-order valence-corrected chi connectivity index (χ0v) is 18.3. The van der Waals surface area contributed by atoms with E-state index in [1.54, 1.807) is 18.6 Å². The van der Waals surface area contributed by atoms with Crippen LogP contribution < -0.4 is 0 Å². The Morgan fingerprint density at radius 1 is 0.645 bits per heavy atom. The monoisotopic (exact) mass is 422 g/mol. The fourth-order valence-corrected chi connectivity index (χ4v) is 2.92. The fraction of sp³-hybridized carbons (Fsp3) is 0.429. The number of hydrogen-bond acceptors (Lipinski definition) is 7. The Hall–Kier alpha value is -3.40. The molecule has 0 amide bonds. The number of H-pyrrole nitrogens is 3. The van der Waals surface area contributed by atoms with Gasteiger partial charge in [0.25, 0.3) is 0 Å². The molecule has 0 aliphatic heterocycles. The summed E-state index contributed by atoms with van der Waals surface area (Å²) in [6.45, 7) is 10.5. The second-order valence-electron chi connectivity index (χ2n) is 7.37. The van der Waals surface area contributed by atoms with Gasteiger partial charge in [0, 0.05) is 55.4 Å². The molecule has 0 atom stereocenters. The molecule has 0 aliphatic carbocycles. The van der Waals surface area contributed by atoms with Gasteiger partial charge in [-0.2, -0.15) is 15.3 Å². The highest BCUT2D eigenvalue weighted by Crippen LogP contribution is 1.97. The van der Waals surface area contributed by atoms with Gasteiger partial charge in [-0.3, -0.25) is 35.2 Å². The molecular weight excluding hydrogens is 392 g/mol. The van der Waals surface area contributed by atoms with Gasteiger partial charge in [-0.15, -0.1) is 0 Å². The van der Waals surface area contributed by atoms with Crippen molar-refractivity contribution >= 4 is 18.6 Å². The smallest absolute Gasteiger partial charge is 0.103 e. The van der Waals surface area contributed by atoms with Crippen LogP contribution in [-0.2, 0) is 0 Å². The lowest BCUT2D eigenvalue weighted by molar-refractivity contribution is 0.298. The molecule has 0 saturated carbocycles. The third-order valence-electron chi connectivity index (χ3n) is 4.48. The summed E-state index contributed by atoms with van der Waals surface area (Å²) in [7, 11) is 0. The first kappa shape index (κ1) is 22.3. The van der Waals surface area contributed by atoms with E-state index >= 15 is 0 Å². The third kappa shape index (κ3) is 8.09. The Bertz CT molecular complexity index is 878. The van der Waals surface area contributed by atoms with Crippen LogP contribution >= 0.6 is 0 Å². The number of hydrogen-bond donors (Lipinski definition) is 3. The summed E-state index contributed by atoms with van der Waals surface area (Å²) in [5, 5.41) is 21.3. The van der Waals surface area contributed by atoms with Gasteiger partial charge >= 0.3 is 0 Å². The first-order chi connectivity index (χ1) is 15.1. The van der Waals surface area contributed by atoms with Gasteiger partial charge in [0.15, 0.2) is 0 Å². The minimum Gasteiger partial charge on any atom is -0.298 e. The van der Waals surface area contributed by atoms with Crippen molar-refractivity contribution in [1.82, 2.24) is 35.5 Å². The van der Waals surface area contributed by atoms with Crippen LogP contribution in [0.1, 0.15) is 34.2 Å². The van der Waals surface area contributed by atoms with Crippen LogP contribution in [0, 0.1) is 20.8 Å². The summed E-state index contributed by atoms with van der Waals surface area (Å²) >= 11 is 0. The number of aryl methyl sites for hydroxylation is 3. The minimum atomic E-state index is 0.691. The number of nitrogens with one attached hydrogen (secondary N) is 3. The number of aromatic amines is 3. The van der Waals surface area contributed by atoms with E-state index in [2.05, 4.69) is 50.5 Å². The zero-order valence-electron chi connectivity index (χ0n) is 18.3. The standard InChI is InChI=1S/C21H30N10/c1-16-10-19(28-25-16)13-22-4-7-31(8-5-23-14-20-11-17(2)26-29-20)9-6-24-15-21-12-18(3)27-30-21/h10-15H,4-9H2,1-3H3,(H,25,28)(H,26,29)(H,27,30). The van der Waals surface area contributed by atoms with Crippen LogP contribution in [0.25, 0.3) is 0 Å². The molecule has 0 spiro atoms. The lowest BCUT2D eigenvalue weighted by Gasteiger charge is -2.19. The van der Waals surface area contributed by atoms with E-state index < -0.39 is 0 Å². The predicted octanol–water partition coefficient (Wildman–Crippen LogP) is 1.74. The molecular formula is C21H30N10. The summed E-state index contributed by atoms with van der Waals surface area (Å²) in [5.74, 6) is 0. The van der Waals surface area contributed by atoms with Crippen LogP contribution in [0.2, 0.25) is 0 Å². The number of nitrogens with zero attached hydrogens (tertiary/aromatic N) is 7. The van der Waals surface area contributed by atoms with Crippen LogP contribution in [0.4, 0.5) is 0 Å². The maximum Gasteiger partial charge on any atom is 0.103 e. The lowest BCUT2D eigenvalue weighted by Crippen LogP contribution is -2.31. The SMILES string of the molecule is Cc1cc(C=NCCN(CCN=Cc2cc(C)[nH]n2)CCN=Cc2cc(C)[nH]n2)n[nH]1. The molecule has 31 heavy (non-hydrogen) atoms. The van der Waals surface area contributed by atoms with Crippen molar-refractivity contribution in [3.05, 3.63) is 52.4 Å². The van der Waals surface area contributed by atoms with E-state index in [9.17, 15) is 0 Å². The van der Waals surface area contributed by atoms with E-state index in [1.807, 2.05) is 39.0 Å². The van der Waals surface area contributed by atoms with Gasteiger partial charge < -0.3 is 0 Å². The first-order valence-electron chi connectivity index (χ1n) is 10.4. The molecule has 164 valence electrons. The highest BCUT2D eigenvalue weighted by atomic mass is 15.2. The summed E-state index contributed by atoms with van der Waals surface area (Å²) in [4.78, 5) is 15.8. The van der Waals surface area contributed by atoms with Crippen molar-refractivity contribution in [2.75, 3.05) is 39.3 Å².